The van der Waals surface area contributed by atoms with E-state index in [-0.39, 0.29) is 24.3 Å². The van der Waals surface area contributed by atoms with Gasteiger partial charge < -0.3 is 24.2 Å². The lowest BCUT2D eigenvalue weighted by Gasteiger charge is -2.51. The Labute approximate surface area is 209 Å². The van der Waals surface area contributed by atoms with Gasteiger partial charge in [-0.1, -0.05) is 45.4 Å². The summed E-state index contributed by atoms with van der Waals surface area (Å²) in [4.78, 5) is 55.2. The molecular weight excluding hydrogens is 466 g/mol. The van der Waals surface area contributed by atoms with Crippen LogP contribution in [0.1, 0.15) is 63.2 Å². The summed E-state index contributed by atoms with van der Waals surface area (Å²) < 4.78 is 17.5. The Morgan fingerprint density at radius 2 is 1.83 bits per heavy atom. The van der Waals surface area contributed by atoms with Crippen molar-refractivity contribution in [3.8, 4) is 0 Å². The van der Waals surface area contributed by atoms with Crippen molar-refractivity contribution in [3.05, 3.63) is 35.9 Å². The molecule has 2 saturated carbocycles. The van der Waals surface area contributed by atoms with Crippen LogP contribution in [0.5, 0.6) is 0 Å². The SMILES string of the molecule is CC(C)(C)[C@]1(O)C[C@@H]2OC(=O)C[C@@]23C(=O)O[C@@H]2N(CC4CCC4)C(=O)[C@H](OC(=O)c4ccccc4)C213. The summed E-state index contributed by atoms with van der Waals surface area (Å²) in [5.41, 5.74) is -5.72. The molecule has 6 atom stereocenters. The Balaban J connectivity index is 1.55. The highest BCUT2D eigenvalue weighted by atomic mass is 16.6. The minimum atomic E-state index is -1.73. The smallest absolute Gasteiger partial charge is 0.338 e. The number of hydrogen-bond acceptors (Lipinski definition) is 8. The first kappa shape index (κ1) is 23.5. The molecule has 0 bridgehead atoms. The number of carbonyl (C=O) groups excluding carboxylic acids is 4. The van der Waals surface area contributed by atoms with Crippen LogP contribution in [0.4, 0.5) is 0 Å². The van der Waals surface area contributed by atoms with Crippen LogP contribution in [0.2, 0.25) is 0 Å². The lowest BCUT2D eigenvalue weighted by Crippen LogP contribution is -2.66. The van der Waals surface area contributed by atoms with Gasteiger partial charge in [-0.2, -0.15) is 0 Å². The molecule has 5 fully saturated rings. The first-order chi connectivity index (χ1) is 17.0. The van der Waals surface area contributed by atoms with Gasteiger partial charge in [0.1, 0.15) is 16.9 Å². The van der Waals surface area contributed by atoms with Crippen molar-refractivity contribution in [1.29, 1.82) is 0 Å². The van der Waals surface area contributed by atoms with Crippen LogP contribution < -0.4 is 0 Å². The molecule has 2 spiro atoms. The van der Waals surface area contributed by atoms with Crippen LogP contribution in [0.15, 0.2) is 30.3 Å². The fourth-order valence-corrected chi connectivity index (χ4v) is 7.48. The van der Waals surface area contributed by atoms with Gasteiger partial charge in [0.2, 0.25) is 0 Å². The Hall–Kier alpha value is -2.94. The van der Waals surface area contributed by atoms with Gasteiger partial charge in [0.05, 0.1) is 17.6 Å². The zero-order chi connectivity index (χ0) is 25.7. The lowest BCUT2D eigenvalue weighted by molar-refractivity contribution is -0.212. The van der Waals surface area contributed by atoms with Crippen LogP contribution >= 0.6 is 0 Å². The molecule has 1 amide bonds. The number of nitrogens with zero attached hydrogens (tertiary/aromatic N) is 1. The van der Waals surface area contributed by atoms with E-state index in [0.29, 0.717) is 6.54 Å². The number of rotatable bonds is 4. The van der Waals surface area contributed by atoms with Gasteiger partial charge in [0, 0.05) is 13.0 Å². The van der Waals surface area contributed by atoms with Crippen molar-refractivity contribution in [2.24, 2.45) is 22.2 Å². The number of esters is 3. The van der Waals surface area contributed by atoms with Crippen molar-refractivity contribution in [2.75, 3.05) is 6.54 Å². The molecule has 1 unspecified atom stereocenters. The average molecular weight is 498 g/mol. The van der Waals surface area contributed by atoms with Gasteiger partial charge in [0.15, 0.2) is 12.3 Å². The summed E-state index contributed by atoms with van der Waals surface area (Å²) in [7, 11) is 0. The number of aliphatic hydroxyl groups is 1. The molecule has 3 heterocycles. The molecule has 0 aromatic heterocycles. The van der Waals surface area contributed by atoms with E-state index in [9.17, 15) is 24.3 Å². The van der Waals surface area contributed by atoms with E-state index in [4.69, 9.17) is 14.2 Å². The second-order valence-corrected chi connectivity index (χ2v) is 12.0. The molecule has 36 heavy (non-hydrogen) atoms. The molecule has 192 valence electrons. The van der Waals surface area contributed by atoms with Gasteiger partial charge in [-0.15, -0.1) is 0 Å². The Kier molecular flexibility index (Phi) is 4.76. The van der Waals surface area contributed by atoms with E-state index in [2.05, 4.69) is 0 Å². The number of ether oxygens (including phenoxy) is 3. The minimum absolute atomic E-state index is 0.0578. The van der Waals surface area contributed by atoms with Crippen molar-refractivity contribution >= 4 is 23.8 Å². The summed E-state index contributed by atoms with van der Waals surface area (Å²) in [6, 6.07) is 8.27. The highest BCUT2D eigenvalue weighted by Crippen LogP contribution is 2.76. The highest BCUT2D eigenvalue weighted by Gasteiger charge is 2.93. The first-order valence-corrected chi connectivity index (χ1v) is 12.7. The zero-order valence-corrected chi connectivity index (χ0v) is 20.7. The molecule has 1 N–H and O–H groups in total. The summed E-state index contributed by atoms with van der Waals surface area (Å²) in [6.45, 7) is 5.77. The van der Waals surface area contributed by atoms with Crippen molar-refractivity contribution in [2.45, 2.75) is 76.9 Å². The third-order valence-corrected chi connectivity index (χ3v) is 9.48. The van der Waals surface area contributed by atoms with E-state index >= 15 is 0 Å². The normalized spacial score (nSPS) is 39.3. The predicted octanol–water partition coefficient (Wildman–Crippen LogP) is 2.21. The molecule has 2 aliphatic carbocycles. The molecule has 6 rings (SSSR count). The first-order valence-electron chi connectivity index (χ1n) is 12.7. The number of benzene rings is 1. The van der Waals surface area contributed by atoms with Crippen molar-refractivity contribution in [1.82, 2.24) is 4.90 Å². The van der Waals surface area contributed by atoms with E-state index in [1.54, 1.807) is 30.3 Å². The molecule has 3 saturated heterocycles. The van der Waals surface area contributed by atoms with E-state index < -0.39 is 64.1 Å². The van der Waals surface area contributed by atoms with Gasteiger partial charge in [-0.05, 0) is 36.3 Å². The van der Waals surface area contributed by atoms with Gasteiger partial charge >= 0.3 is 17.9 Å². The van der Waals surface area contributed by atoms with Crippen LogP contribution in [-0.2, 0) is 28.6 Å². The van der Waals surface area contributed by atoms with E-state index in [0.717, 1.165) is 19.3 Å². The summed E-state index contributed by atoms with van der Waals surface area (Å²) in [6.07, 6.45) is -1.15. The number of amides is 1. The maximum Gasteiger partial charge on any atom is 0.338 e. The van der Waals surface area contributed by atoms with Crippen LogP contribution in [-0.4, -0.2) is 64.4 Å². The Bertz CT molecular complexity index is 1160. The predicted molar refractivity (Wildman–Crippen MR) is 123 cm³/mol. The number of likely N-dealkylation sites (tertiary alicyclic amines) is 1. The molecule has 0 radical (unpaired) electrons. The van der Waals surface area contributed by atoms with Gasteiger partial charge in [-0.3, -0.25) is 14.4 Å². The highest BCUT2D eigenvalue weighted by molar-refractivity contribution is 5.99. The van der Waals surface area contributed by atoms with Crippen LogP contribution in [0.3, 0.4) is 0 Å². The summed E-state index contributed by atoms with van der Waals surface area (Å²) in [5, 5.41) is 12.6. The second kappa shape index (κ2) is 7.31. The zero-order valence-electron chi connectivity index (χ0n) is 20.7. The molecule has 3 aliphatic heterocycles. The Morgan fingerprint density at radius 1 is 1.14 bits per heavy atom. The van der Waals surface area contributed by atoms with E-state index in [1.807, 2.05) is 20.8 Å². The molecule has 1 aromatic carbocycles. The topological polar surface area (TPSA) is 119 Å². The standard InChI is InChI=1S/C27H31NO8/c1-24(2,3)26(33)12-17-25(13-18(29)34-17)23(32)36-22-27(25,26)19(20(30)28(22)14-15-8-7-9-15)35-21(31)16-10-5-4-6-11-16/h4-6,10-11,15,17,19,22,33H,7-9,12-14H2,1-3H3/t17-,19-,22-,25-,26+,27?/m0/s1. The average Bonchev–Trinajstić information content (AvgIpc) is 3.39. The summed E-state index contributed by atoms with van der Waals surface area (Å²) >= 11 is 0. The fraction of sp³-hybridized carbons (Fsp3) is 0.630. The molecule has 9 nitrogen and oxygen atoms in total. The minimum Gasteiger partial charge on any atom is -0.461 e. The third kappa shape index (κ3) is 2.59. The third-order valence-electron chi connectivity index (χ3n) is 9.48. The monoisotopic (exact) mass is 497 g/mol. The maximum absolute atomic E-state index is 14.1. The largest absolute Gasteiger partial charge is 0.461 e. The number of carbonyl (C=O) groups is 4. The van der Waals surface area contributed by atoms with Crippen molar-refractivity contribution < 1.29 is 38.5 Å². The lowest BCUT2D eigenvalue weighted by atomic mass is 9.52. The maximum atomic E-state index is 14.1. The van der Waals surface area contributed by atoms with Crippen LogP contribution in [0.25, 0.3) is 0 Å². The molecule has 5 aliphatic rings. The van der Waals surface area contributed by atoms with Gasteiger partial charge in [0.25, 0.3) is 5.91 Å². The molecule has 1 aromatic rings. The van der Waals surface area contributed by atoms with Gasteiger partial charge in [-0.25, -0.2) is 4.79 Å². The van der Waals surface area contributed by atoms with E-state index in [1.165, 1.54) is 4.90 Å². The second-order valence-electron chi connectivity index (χ2n) is 12.0. The van der Waals surface area contributed by atoms with Crippen LogP contribution in [0, 0.1) is 22.2 Å². The summed E-state index contributed by atoms with van der Waals surface area (Å²) in [5.74, 6) is -2.30. The molecular formula is C27H31NO8. The Morgan fingerprint density at radius 3 is 2.44 bits per heavy atom. The number of hydrogen-bond donors (Lipinski definition) is 1. The van der Waals surface area contributed by atoms with Crippen molar-refractivity contribution in [3.63, 3.8) is 0 Å². The fourth-order valence-electron chi connectivity index (χ4n) is 7.48. The molecule has 9 heteroatoms. The quantitative estimate of drug-likeness (QED) is 0.497.